The lowest BCUT2D eigenvalue weighted by atomic mass is 9.87. The molecule has 1 aliphatic rings. The minimum atomic E-state index is -0.277. The van der Waals surface area contributed by atoms with E-state index in [0.717, 1.165) is 59.2 Å². The zero-order valence-electron chi connectivity index (χ0n) is 15.6. The number of carbonyl (C=O) groups excluding carboxylic acids is 1. The van der Waals surface area contributed by atoms with Crippen molar-refractivity contribution in [3.8, 4) is 22.4 Å². The Balaban J connectivity index is 2.10. The number of aryl methyl sites for hydroxylation is 1. The van der Waals surface area contributed by atoms with Gasteiger partial charge in [-0.25, -0.2) is 4.39 Å². The van der Waals surface area contributed by atoms with Gasteiger partial charge in [0.1, 0.15) is 5.82 Å². The van der Waals surface area contributed by atoms with Crippen LogP contribution in [0.2, 0.25) is 0 Å². The Hall–Kier alpha value is -2.81. The third kappa shape index (κ3) is 3.08. The molecule has 0 bridgehead atoms. The van der Waals surface area contributed by atoms with Gasteiger partial charge in [-0.2, -0.15) is 0 Å². The summed E-state index contributed by atoms with van der Waals surface area (Å²) in [5, 5.41) is 0. The van der Waals surface area contributed by atoms with Gasteiger partial charge < -0.3 is 0 Å². The Kier molecular flexibility index (Phi) is 4.61. The third-order valence-corrected chi connectivity index (χ3v) is 5.31. The molecule has 3 aromatic rings. The number of fused-ring (bicyclic) bond motifs is 3. The van der Waals surface area contributed by atoms with Crippen molar-refractivity contribution in [1.82, 2.24) is 4.98 Å². The van der Waals surface area contributed by atoms with Crippen molar-refractivity contribution >= 4 is 6.29 Å². The van der Waals surface area contributed by atoms with Crippen LogP contribution in [0.3, 0.4) is 0 Å². The molecule has 0 fully saturated rings. The van der Waals surface area contributed by atoms with Crippen molar-refractivity contribution in [1.29, 1.82) is 0 Å². The van der Waals surface area contributed by atoms with Crippen molar-refractivity contribution in [3.63, 3.8) is 0 Å². The minimum Gasteiger partial charge on any atom is -0.298 e. The van der Waals surface area contributed by atoms with Crippen LogP contribution in [0.5, 0.6) is 0 Å². The highest BCUT2D eigenvalue weighted by Crippen LogP contribution is 2.40. The molecule has 0 amide bonds. The Morgan fingerprint density at radius 2 is 1.78 bits per heavy atom. The number of hydrogen-bond donors (Lipinski definition) is 0. The number of carbonyl (C=O) groups is 1. The number of halogens is 1. The first-order chi connectivity index (χ1) is 13.1. The molecule has 3 heteroatoms. The zero-order chi connectivity index (χ0) is 19.0. The fourth-order valence-electron chi connectivity index (χ4n) is 4.05. The van der Waals surface area contributed by atoms with E-state index in [-0.39, 0.29) is 11.7 Å². The molecule has 2 aromatic carbocycles. The standard InChI is InChI=1S/C24H22FNO/c1-15(2)23-21(14-27)22(17-10-12-18(25)13-11-17)20-9-5-7-16-6-3-4-8-19(16)24(20)26-23/h3-4,6,8,10-15H,5,7,9H2,1-2H3. The van der Waals surface area contributed by atoms with Gasteiger partial charge in [0.2, 0.25) is 0 Å². The first-order valence-electron chi connectivity index (χ1n) is 9.46. The van der Waals surface area contributed by atoms with Gasteiger partial charge in [0, 0.05) is 11.1 Å². The number of pyridine rings is 1. The maximum absolute atomic E-state index is 13.5. The topological polar surface area (TPSA) is 30.0 Å². The van der Waals surface area contributed by atoms with E-state index in [1.165, 1.54) is 17.7 Å². The van der Waals surface area contributed by atoms with Crippen LogP contribution in [-0.2, 0) is 12.8 Å². The molecule has 0 unspecified atom stereocenters. The maximum Gasteiger partial charge on any atom is 0.152 e. The molecule has 0 aliphatic heterocycles. The predicted molar refractivity (Wildman–Crippen MR) is 107 cm³/mol. The van der Waals surface area contributed by atoms with Crippen LogP contribution < -0.4 is 0 Å². The van der Waals surface area contributed by atoms with Crippen LogP contribution in [0, 0.1) is 5.82 Å². The molecule has 4 rings (SSSR count). The molecule has 0 radical (unpaired) electrons. The minimum absolute atomic E-state index is 0.116. The number of aromatic nitrogens is 1. The third-order valence-electron chi connectivity index (χ3n) is 5.31. The molecular formula is C24H22FNO. The van der Waals surface area contributed by atoms with E-state index in [2.05, 4.69) is 32.0 Å². The van der Waals surface area contributed by atoms with Crippen LogP contribution in [0.25, 0.3) is 22.4 Å². The Morgan fingerprint density at radius 1 is 1.04 bits per heavy atom. The quantitative estimate of drug-likeness (QED) is 0.539. The molecule has 0 atom stereocenters. The van der Waals surface area contributed by atoms with E-state index in [4.69, 9.17) is 4.98 Å². The number of nitrogens with zero attached hydrogens (tertiary/aromatic N) is 1. The van der Waals surface area contributed by atoms with Crippen molar-refractivity contribution in [3.05, 3.63) is 76.7 Å². The van der Waals surface area contributed by atoms with E-state index >= 15 is 0 Å². The van der Waals surface area contributed by atoms with Gasteiger partial charge >= 0.3 is 0 Å². The van der Waals surface area contributed by atoms with E-state index < -0.39 is 0 Å². The summed E-state index contributed by atoms with van der Waals surface area (Å²) in [7, 11) is 0. The Morgan fingerprint density at radius 3 is 2.48 bits per heavy atom. The second-order valence-electron chi connectivity index (χ2n) is 7.40. The van der Waals surface area contributed by atoms with E-state index in [9.17, 15) is 9.18 Å². The van der Waals surface area contributed by atoms with Gasteiger partial charge in [0.15, 0.2) is 6.29 Å². The second kappa shape index (κ2) is 7.07. The lowest BCUT2D eigenvalue weighted by Gasteiger charge is -2.20. The molecule has 27 heavy (non-hydrogen) atoms. The van der Waals surface area contributed by atoms with Crippen molar-refractivity contribution in [2.75, 3.05) is 0 Å². The largest absolute Gasteiger partial charge is 0.298 e. The summed E-state index contributed by atoms with van der Waals surface area (Å²) in [6, 6.07) is 14.8. The normalized spacial score (nSPS) is 13.0. The summed E-state index contributed by atoms with van der Waals surface area (Å²) >= 11 is 0. The predicted octanol–water partition coefficient (Wildman–Crippen LogP) is 5.98. The molecule has 0 spiro atoms. The summed E-state index contributed by atoms with van der Waals surface area (Å²) in [5.41, 5.74) is 7.73. The lowest BCUT2D eigenvalue weighted by Crippen LogP contribution is -2.08. The molecule has 1 aliphatic carbocycles. The van der Waals surface area contributed by atoms with Gasteiger partial charge in [-0.3, -0.25) is 9.78 Å². The molecule has 0 N–H and O–H groups in total. The Bertz CT molecular complexity index is 1010. The highest BCUT2D eigenvalue weighted by atomic mass is 19.1. The molecule has 0 saturated carbocycles. The monoisotopic (exact) mass is 359 g/mol. The van der Waals surface area contributed by atoms with Crippen LogP contribution >= 0.6 is 0 Å². The summed E-state index contributed by atoms with van der Waals surface area (Å²) in [5.74, 6) is -0.161. The highest BCUT2D eigenvalue weighted by Gasteiger charge is 2.25. The lowest BCUT2D eigenvalue weighted by molar-refractivity contribution is 0.112. The average molecular weight is 359 g/mol. The van der Waals surface area contributed by atoms with Gasteiger partial charge in [-0.15, -0.1) is 0 Å². The zero-order valence-corrected chi connectivity index (χ0v) is 15.6. The van der Waals surface area contributed by atoms with Crippen LogP contribution in [0.1, 0.15) is 53.4 Å². The number of benzene rings is 2. The fourth-order valence-corrected chi connectivity index (χ4v) is 4.05. The second-order valence-corrected chi connectivity index (χ2v) is 7.40. The maximum atomic E-state index is 13.5. The van der Waals surface area contributed by atoms with Crippen molar-refractivity contribution in [2.45, 2.75) is 39.0 Å². The summed E-state index contributed by atoms with van der Waals surface area (Å²) in [4.78, 5) is 17.1. The molecular weight excluding hydrogens is 337 g/mol. The molecule has 2 nitrogen and oxygen atoms in total. The van der Waals surface area contributed by atoms with E-state index in [0.29, 0.717) is 5.56 Å². The summed E-state index contributed by atoms with van der Waals surface area (Å²) in [6.07, 6.45) is 3.75. The fraction of sp³-hybridized carbons (Fsp3) is 0.250. The molecule has 1 heterocycles. The van der Waals surface area contributed by atoms with Gasteiger partial charge in [-0.05, 0) is 59.6 Å². The molecule has 136 valence electrons. The van der Waals surface area contributed by atoms with Gasteiger partial charge in [0.05, 0.1) is 11.4 Å². The van der Waals surface area contributed by atoms with Gasteiger partial charge in [0.25, 0.3) is 0 Å². The summed E-state index contributed by atoms with van der Waals surface area (Å²) < 4.78 is 13.5. The van der Waals surface area contributed by atoms with E-state index in [1.54, 1.807) is 12.1 Å². The summed E-state index contributed by atoms with van der Waals surface area (Å²) in [6.45, 7) is 4.11. The number of rotatable bonds is 3. The Labute approximate surface area is 159 Å². The van der Waals surface area contributed by atoms with Gasteiger partial charge in [-0.1, -0.05) is 50.2 Å². The highest BCUT2D eigenvalue weighted by molar-refractivity contribution is 5.93. The smallest absolute Gasteiger partial charge is 0.152 e. The SMILES string of the molecule is CC(C)c1nc2c(c(-c3ccc(F)cc3)c1C=O)CCCc1ccccc1-2. The van der Waals surface area contributed by atoms with Crippen molar-refractivity contribution < 1.29 is 9.18 Å². The average Bonchev–Trinajstić information content (AvgIpc) is 2.86. The van der Waals surface area contributed by atoms with E-state index in [1.807, 2.05) is 6.07 Å². The van der Waals surface area contributed by atoms with Crippen molar-refractivity contribution in [2.24, 2.45) is 0 Å². The molecule has 1 aromatic heterocycles. The first-order valence-corrected chi connectivity index (χ1v) is 9.46. The first kappa shape index (κ1) is 17.6. The van der Waals surface area contributed by atoms with Crippen LogP contribution in [-0.4, -0.2) is 11.3 Å². The van der Waals surface area contributed by atoms with Crippen LogP contribution in [0.15, 0.2) is 48.5 Å². The van der Waals surface area contributed by atoms with Crippen LogP contribution in [0.4, 0.5) is 4.39 Å². The molecule has 0 saturated heterocycles. The number of aldehydes is 1. The number of hydrogen-bond acceptors (Lipinski definition) is 2.